The summed E-state index contributed by atoms with van der Waals surface area (Å²) in [7, 11) is 0. The molecule has 3 heterocycles. The third-order valence-electron chi connectivity index (χ3n) is 3.84. The number of carbonyl (C=O) groups excluding carboxylic acids is 1. The van der Waals surface area contributed by atoms with Crippen molar-refractivity contribution in [3.8, 4) is 11.4 Å². The number of hydrogen-bond acceptors (Lipinski definition) is 6. The highest BCUT2D eigenvalue weighted by atomic mass is 16.1. The molecule has 0 aromatic carbocycles. The molecule has 2 aromatic heterocycles. The quantitative estimate of drug-likeness (QED) is 0.831. The molecule has 2 aromatic rings. The molecule has 1 aliphatic heterocycles. The van der Waals surface area contributed by atoms with Crippen molar-refractivity contribution in [2.24, 2.45) is 11.7 Å². The largest absolute Gasteiger partial charge is 0.364 e. The molecule has 3 N–H and O–H groups in total. The Bertz CT molecular complexity index is 676. The molecule has 8 heteroatoms. The zero-order valence-corrected chi connectivity index (χ0v) is 12.5. The summed E-state index contributed by atoms with van der Waals surface area (Å²) in [6.07, 6.45) is 2.21. The first kappa shape index (κ1) is 14.6. The molecule has 3 rings (SSSR count). The molecule has 0 atom stereocenters. The second kappa shape index (κ2) is 6.18. The number of tetrazole rings is 1. The van der Waals surface area contributed by atoms with E-state index in [-0.39, 0.29) is 5.69 Å². The van der Waals surface area contributed by atoms with Crippen LogP contribution < -0.4 is 11.1 Å². The van der Waals surface area contributed by atoms with Gasteiger partial charge in [-0.3, -0.25) is 4.79 Å². The number of hydrogen-bond donors (Lipinski definition) is 2. The highest BCUT2D eigenvalue weighted by molar-refractivity contribution is 5.96. The number of nitrogens with one attached hydrogen (secondary N) is 1. The van der Waals surface area contributed by atoms with Gasteiger partial charge >= 0.3 is 0 Å². The number of amides is 1. The molecular formula is C14H19N7O. The lowest BCUT2D eigenvalue weighted by Crippen LogP contribution is -2.30. The van der Waals surface area contributed by atoms with Crippen molar-refractivity contribution < 1.29 is 4.79 Å². The smallest absolute Gasteiger partial charge is 0.268 e. The van der Waals surface area contributed by atoms with Crippen LogP contribution in [0, 0.1) is 12.8 Å². The Labute approximate surface area is 128 Å². The number of pyridine rings is 1. The maximum absolute atomic E-state index is 11.5. The van der Waals surface area contributed by atoms with Crippen LogP contribution in [0.15, 0.2) is 12.1 Å². The van der Waals surface area contributed by atoms with Crippen molar-refractivity contribution in [2.45, 2.75) is 26.3 Å². The van der Waals surface area contributed by atoms with Gasteiger partial charge in [0.25, 0.3) is 5.91 Å². The zero-order chi connectivity index (χ0) is 15.5. The van der Waals surface area contributed by atoms with Crippen molar-refractivity contribution in [1.82, 2.24) is 30.5 Å². The van der Waals surface area contributed by atoms with E-state index in [0.717, 1.165) is 38.2 Å². The van der Waals surface area contributed by atoms with Gasteiger partial charge in [0, 0.05) is 5.69 Å². The Balaban J connectivity index is 1.83. The molecule has 0 aliphatic carbocycles. The minimum absolute atomic E-state index is 0.182. The summed E-state index contributed by atoms with van der Waals surface area (Å²) >= 11 is 0. The fourth-order valence-electron chi connectivity index (χ4n) is 2.65. The van der Waals surface area contributed by atoms with Gasteiger partial charge in [0.1, 0.15) is 5.69 Å². The Kier molecular flexibility index (Phi) is 4.10. The molecule has 1 aliphatic rings. The number of nitrogens with two attached hydrogens (primary N) is 1. The zero-order valence-electron chi connectivity index (χ0n) is 12.5. The van der Waals surface area contributed by atoms with E-state index in [1.54, 1.807) is 23.9 Å². The van der Waals surface area contributed by atoms with Crippen molar-refractivity contribution in [3.63, 3.8) is 0 Å². The summed E-state index contributed by atoms with van der Waals surface area (Å²) < 4.78 is 0. The van der Waals surface area contributed by atoms with Crippen LogP contribution in [-0.2, 0) is 6.54 Å². The van der Waals surface area contributed by atoms with Crippen molar-refractivity contribution in [1.29, 1.82) is 0 Å². The molecule has 0 saturated carbocycles. The number of rotatable bonds is 4. The molecule has 22 heavy (non-hydrogen) atoms. The molecule has 116 valence electrons. The van der Waals surface area contributed by atoms with E-state index in [1.807, 2.05) is 0 Å². The van der Waals surface area contributed by atoms with Gasteiger partial charge in [0.05, 0.1) is 12.1 Å². The number of aromatic nitrogens is 5. The first-order chi connectivity index (χ1) is 10.6. The number of aryl methyl sites for hydroxylation is 1. The minimum Gasteiger partial charge on any atom is -0.364 e. The Morgan fingerprint density at radius 3 is 2.91 bits per heavy atom. The summed E-state index contributed by atoms with van der Waals surface area (Å²) in [4.78, 5) is 17.3. The van der Waals surface area contributed by atoms with Crippen molar-refractivity contribution in [2.75, 3.05) is 13.1 Å². The van der Waals surface area contributed by atoms with Crippen LogP contribution in [0.4, 0.5) is 0 Å². The van der Waals surface area contributed by atoms with E-state index in [4.69, 9.17) is 5.73 Å². The minimum atomic E-state index is -0.589. The predicted octanol–water partition coefficient (Wildman–Crippen LogP) is 0.142. The van der Waals surface area contributed by atoms with E-state index in [0.29, 0.717) is 17.3 Å². The second-order valence-electron chi connectivity index (χ2n) is 5.57. The molecule has 1 fully saturated rings. The third-order valence-corrected chi connectivity index (χ3v) is 3.84. The van der Waals surface area contributed by atoms with Gasteiger partial charge in [0.2, 0.25) is 5.82 Å². The Morgan fingerprint density at radius 2 is 2.18 bits per heavy atom. The molecule has 0 radical (unpaired) electrons. The van der Waals surface area contributed by atoms with E-state index in [1.165, 1.54) is 0 Å². The number of primary amides is 1. The van der Waals surface area contributed by atoms with Gasteiger partial charge in [-0.15, -0.1) is 10.2 Å². The normalized spacial score (nSPS) is 15.9. The first-order valence-electron chi connectivity index (χ1n) is 7.40. The van der Waals surface area contributed by atoms with Gasteiger partial charge < -0.3 is 11.1 Å². The highest BCUT2D eigenvalue weighted by Crippen LogP contribution is 2.19. The van der Waals surface area contributed by atoms with Gasteiger partial charge in [-0.2, -0.15) is 4.80 Å². The maximum atomic E-state index is 11.5. The van der Waals surface area contributed by atoms with E-state index in [9.17, 15) is 4.79 Å². The molecule has 0 unspecified atom stereocenters. The first-order valence-corrected chi connectivity index (χ1v) is 7.40. The predicted molar refractivity (Wildman–Crippen MR) is 79.9 cm³/mol. The summed E-state index contributed by atoms with van der Waals surface area (Å²) in [6, 6.07) is 3.56. The van der Waals surface area contributed by atoms with Gasteiger partial charge in [-0.05, 0) is 56.1 Å². The van der Waals surface area contributed by atoms with E-state index in [2.05, 4.69) is 25.7 Å². The highest BCUT2D eigenvalue weighted by Gasteiger charge is 2.18. The molecule has 0 spiro atoms. The fourth-order valence-corrected chi connectivity index (χ4v) is 2.65. The van der Waals surface area contributed by atoms with Gasteiger partial charge in [-0.25, -0.2) is 4.98 Å². The topological polar surface area (TPSA) is 112 Å². The third kappa shape index (κ3) is 3.11. The van der Waals surface area contributed by atoms with Crippen LogP contribution in [0.2, 0.25) is 0 Å². The molecule has 1 saturated heterocycles. The SMILES string of the molecule is Cc1ccc(-c2nnn(CC3CCNCC3)n2)c(C(N)=O)n1. The lowest BCUT2D eigenvalue weighted by molar-refractivity contribution is 0.0996. The molecular weight excluding hydrogens is 282 g/mol. The van der Waals surface area contributed by atoms with E-state index >= 15 is 0 Å². The molecule has 8 nitrogen and oxygen atoms in total. The average Bonchev–Trinajstić information content (AvgIpc) is 2.96. The lowest BCUT2D eigenvalue weighted by Gasteiger charge is -2.21. The van der Waals surface area contributed by atoms with Crippen LogP contribution in [0.1, 0.15) is 29.0 Å². The number of nitrogens with zero attached hydrogens (tertiary/aromatic N) is 5. The monoisotopic (exact) mass is 301 g/mol. The van der Waals surface area contributed by atoms with Crippen LogP contribution in [0.5, 0.6) is 0 Å². The van der Waals surface area contributed by atoms with Gasteiger partial charge in [0.15, 0.2) is 0 Å². The van der Waals surface area contributed by atoms with Crippen LogP contribution in [0.25, 0.3) is 11.4 Å². The van der Waals surface area contributed by atoms with Gasteiger partial charge in [-0.1, -0.05) is 0 Å². The Hall–Kier alpha value is -2.35. The van der Waals surface area contributed by atoms with Crippen LogP contribution in [0.3, 0.4) is 0 Å². The van der Waals surface area contributed by atoms with Crippen molar-refractivity contribution >= 4 is 5.91 Å². The fraction of sp³-hybridized carbons (Fsp3) is 0.500. The molecule has 0 bridgehead atoms. The molecule has 1 amide bonds. The van der Waals surface area contributed by atoms with Crippen LogP contribution in [-0.4, -0.2) is 44.2 Å². The summed E-state index contributed by atoms with van der Waals surface area (Å²) in [5, 5.41) is 15.8. The summed E-state index contributed by atoms with van der Waals surface area (Å²) in [6.45, 7) is 4.59. The number of piperidine rings is 1. The second-order valence-corrected chi connectivity index (χ2v) is 5.57. The van der Waals surface area contributed by atoms with Crippen molar-refractivity contribution in [3.05, 3.63) is 23.5 Å². The van der Waals surface area contributed by atoms with E-state index < -0.39 is 5.91 Å². The maximum Gasteiger partial charge on any atom is 0.268 e. The average molecular weight is 301 g/mol. The summed E-state index contributed by atoms with van der Waals surface area (Å²) in [5.74, 6) is 0.346. The Morgan fingerprint density at radius 1 is 1.41 bits per heavy atom. The summed E-state index contributed by atoms with van der Waals surface area (Å²) in [5.41, 5.74) is 6.81. The number of carbonyl (C=O) groups is 1. The van der Waals surface area contributed by atoms with Crippen LogP contribution >= 0.6 is 0 Å². The lowest BCUT2D eigenvalue weighted by atomic mass is 9.99. The standard InChI is InChI=1S/C14H19N7O/c1-9-2-3-11(12(17-9)13(15)22)14-18-20-21(19-14)8-10-4-6-16-7-5-10/h2-3,10,16H,4-8H2,1H3,(H2,15,22).